The predicted octanol–water partition coefficient (Wildman–Crippen LogP) is 6.75. The second kappa shape index (κ2) is 8.97. The molecule has 1 aliphatic rings. The van der Waals surface area contributed by atoms with Crippen LogP contribution in [0.5, 0.6) is 0 Å². The van der Waals surface area contributed by atoms with Gasteiger partial charge in [-0.05, 0) is 60.9 Å². The summed E-state index contributed by atoms with van der Waals surface area (Å²) >= 11 is 0. The highest BCUT2D eigenvalue weighted by Crippen LogP contribution is 2.35. The smallest absolute Gasteiger partial charge is 0.255 e. The third-order valence-electron chi connectivity index (χ3n) is 4.85. The van der Waals surface area contributed by atoms with Crippen LogP contribution in [0.2, 0.25) is 0 Å². The van der Waals surface area contributed by atoms with E-state index in [2.05, 4.69) is 6.92 Å². The number of rotatable bonds is 2. The first-order valence-corrected chi connectivity index (χ1v) is 8.69. The standard InChI is InChI=1S/C14H17FO.C7H5F3.H2/c1-10-2-4-11(5-3-10)12-6-8-13(9-7-12)14(15)16;1-4-2-3-5(8)7(10)6(4)9;/h6-11H,2-5H2,1H3;2-3H,1H3;1H. The Kier molecular flexibility index (Phi) is 6.95. The Hall–Kier alpha value is -2.17. The number of aryl methyl sites for hydroxylation is 1. The van der Waals surface area contributed by atoms with Gasteiger partial charge in [-0.2, -0.15) is 4.39 Å². The van der Waals surface area contributed by atoms with Gasteiger partial charge < -0.3 is 0 Å². The molecule has 26 heavy (non-hydrogen) atoms. The quantitative estimate of drug-likeness (QED) is 0.326. The van der Waals surface area contributed by atoms with Crippen molar-refractivity contribution in [3.63, 3.8) is 0 Å². The highest BCUT2D eigenvalue weighted by molar-refractivity contribution is 5.88. The van der Waals surface area contributed by atoms with E-state index in [9.17, 15) is 22.4 Å². The van der Waals surface area contributed by atoms with E-state index < -0.39 is 23.5 Å². The van der Waals surface area contributed by atoms with E-state index in [-0.39, 0.29) is 12.6 Å². The van der Waals surface area contributed by atoms with E-state index in [0.29, 0.717) is 5.92 Å². The summed E-state index contributed by atoms with van der Waals surface area (Å²) in [5.74, 6) is -2.23. The summed E-state index contributed by atoms with van der Waals surface area (Å²) in [6, 6.07) is 7.72. The molecule has 0 atom stereocenters. The Morgan fingerprint density at radius 1 is 0.923 bits per heavy atom. The normalized spacial score (nSPS) is 19.5. The predicted molar refractivity (Wildman–Crippen MR) is 95.4 cm³/mol. The van der Waals surface area contributed by atoms with Crippen LogP contribution in [0.1, 0.15) is 61.4 Å². The summed E-state index contributed by atoms with van der Waals surface area (Å²) < 4.78 is 49.2. The molecule has 2 aromatic carbocycles. The second-order valence-electron chi connectivity index (χ2n) is 6.84. The monoisotopic (exact) mass is 368 g/mol. The first kappa shape index (κ1) is 20.1. The molecular formula is C21H24F4O. The molecular weight excluding hydrogens is 344 g/mol. The van der Waals surface area contributed by atoms with Crippen LogP contribution in [0.25, 0.3) is 0 Å². The number of carbonyl (C=O) groups excluding carboxylic acids is 1. The summed E-state index contributed by atoms with van der Waals surface area (Å²) in [7, 11) is 0. The van der Waals surface area contributed by atoms with Gasteiger partial charge in [-0.3, -0.25) is 4.79 Å². The van der Waals surface area contributed by atoms with Crippen molar-refractivity contribution in [2.75, 3.05) is 0 Å². The zero-order valence-corrected chi connectivity index (χ0v) is 14.9. The summed E-state index contributed by atoms with van der Waals surface area (Å²) in [5.41, 5.74) is 1.52. The van der Waals surface area contributed by atoms with E-state index >= 15 is 0 Å². The van der Waals surface area contributed by atoms with Crippen molar-refractivity contribution in [2.45, 2.75) is 45.4 Å². The van der Waals surface area contributed by atoms with Gasteiger partial charge in [0.2, 0.25) is 0 Å². The molecule has 0 saturated heterocycles. The fourth-order valence-corrected chi connectivity index (χ4v) is 3.10. The Morgan fingerprint density at radius 3 is 2.00 bits per heavy atom. The van der Waals surface area contributed by atoms with Crippen molar-refractivity contribution >= 4 is 6.04 Å². The van der Waals surface area contributed by atoms with Crippen LogP contribution in [0, 0.1) is 30.3 Å². The van der Waals surface area contributed by atoms with Crippen LogP contribution in [0.15, 0.2) is 36.4 Å². The highest BCUT2D eigenvalue weighted by Gasteiger charge is 2.19. The van der Waals surface area contributed by atoms with Crippen LogP contribution >= 0.6 is 0 Å². The zero-order valence-electron chi connectivity index (χ0n) is 14.9. The number of benzene rings is 2. The molecule has 0 aliphatic heterocycles. The first-order chi connectivity index (χ1) is 12.3. The van der Waals surface area contributed by atoms with Gasteiger partial charge in [0.1, 0.15) is 0 Å². The third-order valence-corrected chi connectivity index (χ3v) is 4.85. The number of hydrogen-bond acceptors (Lipinski definition) is 1. The molecule has 1 nitrogen and oxygen atoms in total. The van der Waals surface area contributed by atoms with E-state index in [4.69, 9.17) is 0 Å². The maximum Gasteiger partial charge on any atom is 0.332 e. The molecule has 142 valence electrons. The van der Waals surface area contributed by atoms with E-state index in [1.807, 2.05) is 12.1 Å². The van der Waals surface area contributed by atoms with Gasteiger partial charge in [0.25, 0.3) is 0 Å². The minimum absolute atomic E-state index is 0. The Bertz CT molecular complexity index is 727. The lowest BCUT2D eigenvalue weighted by atomic mass is 9.79. The van der Waals surface area contributed by atoms with Crippen LogP contribution in [0.3, 0.4) is 0 Å². The third kappa shape index (κ3) is 5.16. The molecule has 0 aromatic heterocycles. The van der Waals surface area contributed by atoms with E-state index in [1.165, 1.54) is 44.2 Å². The van der Waals surface area contributed by atoms with Gasteiger partial charge in [0, 0.05) is 1.43 Å². The molecule has 5 heteroatoms. The van der Waals surface area contributed by atoms with Gasteiger partial charge in [0.15, 0.2) is 17.5 Å². The Labute approximate surface area is 152 Å². The first-order valence-electron chi connectivity index (χ1n) is 8.69. The molecule has 1 fully saturated rings. The number of hydrogen-bond donors (Lipinski definition) is 0. The lowest BCUT2D eigenvalue weighted by molar-refractivity contribution is 0.0836. The van der Waals surface area contributed by atoms with Crippen LogP contribution in [0.4, 0.5) is 17.6 Å². The number of halogens is 4. The molecule has 2 aromatic rings. The Balaban J connectivity index is 0.000000288. The van der Waals surface area contributed by atoms with Crippen molar-refractivity contribution < 1.29 is 23.8 Å². The van der Waals surface area contributed by atoms with Crippen LogP contribution < -0.4 is 0 Å². The molecule has 0 amide bonds. The van der Waals surface area contributed by atoms with Gasteiger partial charge in [-0.15, -0.1) is 0 Å². The van der Waals surface area contributed by atoms with Crippen molar-refractivity contribution in [1.29, 1.82) is 0 Å². The molecule has 0 heterocycles. The maximum absolute atomic E-state index is 12.4. The summed E-state index contributed by atoms with van der Waals surface area (Å²) in [4.78, 5) is 10.5. The van der Waals surface area contributed by atoms with E-state index in [1.54, 1.807) is 12.1 Å². The SMILES string of the molecule is CC1CCC(c2ccc(C(=O)F)cc2)CC1.Cc1ccc(F)c(F)c1F.[HH]. The van der Waals surface area contributed by atoms with Gasteiger partial charge in [-0.1, -0.05) is 38.0 Å². The topological polar surface area (TPSA) is 17.1 Å². The van der Waals surface area contributed by atoms with E-state index in [0.717, 1.165) is 12.0 Å². The van der Waals surface area contributed by atoms with Crippen molar-refractivity contribution in [3.8, 4) is 0 Å². The minimum Gasteiger partial charge on any atom is -0.255 e. The lowest BCUT2D eigenvalue weighted by Gasteiger charge is -2.26. The fourth-order valence-electron chi connectivity index (χ4n) is 3.10. The fraction of sp³-hybridized carbons (Fsp3) is 0.381. The molecule has 0 N–H and O–H groups in total. The van der Waals surface area contributed by atoms with Gasteiger partial charge in [0.05, 0.1) is 5.56 Å². The average molecular weight is 368 g/mol. The maximum atomic E-state index is 12.4. The highest BCUT2D eigenvalue weighted by atomic mass is 19.2. The molecule has 3 rings (SSSR count). The van der Waals surface area contributed by atoms with Crippen LogP contribution in [-0.4, -0.2) is 6.04 Å². The van der Waals surface area contributed by atoms with Crippen LogP contribution in [-0.2, 0) is 0 Å². The summed E-state index contributed by atoms with van der Waals surface area (Å²) in [6.07, 6.45) is 4.97. The van der Waals surface area contributed by atoms with Gasteiger partial charge >= 0.3 is 6.04 Å². The number of carbonyl (C=O) groups is 1. The Morgan fingerprint density at radius 2 is 1.50 bits per heavy atom. The van der Waals surface area contributed by atoms with Crippen molar-refractivity contribution in [2.24, 2.45) is 5.92 Å². The van der Waals surface area contributed by atoms with Gasteiger partial charge in [-0.25, -0.2) is 13.2 Å². The van der Waals surface area contributed by atoms with Crippen molar-refractivity contribution in [3.05, 3.63) is 70.5 Å². The minimum atomic E-state index is -1.40. The molecule has 1 saturated carbocycles. The van der Waals surface area contributed by atoms with Crippen molar-refractivity contribution in [1.82, 2.24) is 0 Å². The molecule has 0 unspecified atom stereocenters. The zero-order chi connectivity index (χ0) is 19.3. The molecule has 1 aliphatic carbocycles. The largest absolute Gasteiger partial charge is 0.332 e. The average Bonchev–Trinajstić information content (AvgIpc) is 2.64. The summed E-state index contributed by atoms with van der Waals surface area (Å²) in [6.45, 7) is 3.67. The molecule has 0 bridgehead atoms. The summed E-state index contributed by atoms with van der Waals surface area (Å²) in [5, 5.41) is 0. The lowest BCUT2D eigenvalue weighted by Crippen LogP contribution is -2.10. The molecule has 0 radical (unpaired) electrons. The second-order valence-corrected chi connectivity index (χ2v) is 6.84. The molecule has 0 spiro atoms.